The molecular weight excluding hydrogens is 438 g/mol. The van der Waals surface area contributed by atoms with Crippen molar-refractivity contribution in [3.05, 3.63) is 72.8 Å². The summed E-state index contributed by atoms with van der Waals surface area (Å²) in [6, 6.07) is 11.9. The molecule has 2 N–H and O–H groups in total. The van der Waals surface area contributed by atoms with Crippen LogP contribution < -0.4 is 15.6 Å². The van der Waals surface area contributed by atoms with E-state index in [1.54, 1.807) is 11.5 Å². The third-order valence-electron chi connectivity index (χ3n) is 4.74. The Hall–Kier alpha value is -3.50. The number of fused-ring (bicyclic) bond motifs is 3. The third kappa shape index (κ3) is 3.82. The van der Waals surface area contributed by atoms with Gasteiger partial charge in [0.1, 0.15) is 16.3 Å². The maximum atomic E-state index is 12.9. The van der Waals surface area contributed by atoms with Crippen molar-refractivity contribution in [1.29, 1.82) is 0 Å². The van der Waals surface area contributed by atoms with E-state index in [1.807, 2.05) is 24.3 Å². The number of amides is 1. The maximum absolute atomic E-state index is 12.9. The van der Waals surface area contributed by atoms with Crippen LogP contribution in [0.1, 0.15) is 25.6 Å². The van der Waals surface area contributed by atoms with Crippen molar-refractivity contribution in [2.45, 2.75) is 6.54 Å². The van der Waals surface area contributed by atoms with Crippen LogP contribution in [-0.2, 0) is 11.3 Å². The number of aromatic nitrogens is 2. The van der Waals surface area contributed by atoms with Crippen LogP contribution in [0.3, 0.4) is 0 Å². The molecule has 4 rings (SSSR count). The fourth-order valence-corrected chi connectivity index (χ4v) is 4.53. The monoisotopic (exact) mass is 455 g/mol. The van der Waals surface area contributed by atoms with Gasteiger partial charge in [0.25, 0.3) is 11.5 Å². The molecule has 0 aliphatic carbocycles. The second-order valence-electron chi connectivity index (χ2n) is 6.59. The number of thiazole rings is 1. The standard InChI is InChI=1S/C21H17N3O5S2/c1-28-13-5-3-4-11(8-13)10-22-19(26)16-17-23-18(25)14-7-6-12(20(27)29-2)9-15(14)24(17)21(30)31-16/h3-9H,10H2,1-2H3,(H,22,26)(H,23,25). The number of nitrogens with one attached hydrogen (secondary N) is 2. The number of rotatable bonds is 5. The molecule has 8 nitrogen and oxygen atoms in total. The lowest BCUT2D eigenvalue weighted by molar-refractivity contribution is 0.0600. The number of methoxy groups -OCH3 is 2. The summed E-state index contributed by atoms with van der Waals surface area (Å²) < 4.78 is 11.9. The topological polar surface area (TPSA) is 102 Å². The first-order valence-corrected chi connectivity index (χ1v) is 10.4. The van der Waals surface area contributed by atoms with Crippen LogP contribution >= 0.6 is 23.6 Å². The summed E-state index contributed by atoms with van der Waals surface area (Å²) in [5.41, 5.74) is 1.45. The Labute approximate surface area is 185 Å². The van der Waals surface area contributed by atoms with Crippen LogP contribution in [0.4, 0.5) is 0 Å². The minimum absolute atomic E-state index is 0.273. The number of hydrogen-bond acceptors (Lipinski definition) is 7. The number of aromatic amines is 1. The molecule has 4 aromatic rings. The molecule has 0 bridgehead atoms. The molecule has 2 aromatic heterocycles. The average Bonchev–Trinajstić information content (AvgIpc) is 3.13. The molecule has 2 aromatic carbocycles. The van der Waals surface area contributed by atoms with Gasteiger partial charge in [-0.3, -0.25) is 14.0 Å². The summed E-state index contributed by atoms with van der Waals surface area (Å²) in [5.74, 6) is -0.220. The Morgan fingerprint density at radius 1 is 1.19 bits per heavy atom. The molecule has 0 aliphatic heterocycles. The highest BCUT2D eigenvalue weighted by molar-refractivity contribution is 7.73. The predicted molar refractivity (Wildman–Crippen MR) is 120 cm³/mol. The van der Waals surface area contributed by atoms with Gasteiger partial charge in [-0.1, -0.05) is 23.5 Å². The Balaban J connectivity index is 1.76. The Morgan fingerprint density at radius 2 is 2.00 bits per heavy atom. The molecule has 158 valence electrons. The summed E-state index contributed by atoms with van der Waals surface area (Å²) in [6.07, 6.45) is 0. The SMILES string of the molecule is COC(=O)c1ccc2c(=O)[nH]c3c(C(=O)NCc4cccc(OC)c4)sc(=S)n3c2c1. The van der Waals surface area contributed by atoms with Gasteiger partial charge < -0.3 is 19.8 Å². The summed E-state index contributed by atoms with van der Waals surface area (Å²) in [7, 11) is 2.85. The van der Waals surface area contributed by atoms with Crippen molar-refractivity contribution in [3.63, 3.8) is 0 Å². The van der Waals surface area contributed by atoms with Crippen molar-refractivity contribution >= 4 is 52.0 Å². The van der Waals surface area contributed by atoms with E-state index in [1.165, 1.54) is 25.3 Å². The zero-order valence-corrected chi connectivity index (χ0v) is 18.2. The molecule has 31 heavy (non-hydrogen) atoms. The first kappa shape index (κ1) is 20.8. The molecule has 2 heterocycles. The van der Waals surface area contributed by atoms with Gasteiger partial charge in [0, 0.05) is 6.54 Å². The molecule has 0 atom stereocenters. The van der Waals surface area contributed by atoms with Crippen molar-refractivity contribution < 1.29 is 19.1 Å². The fraction of sp³-hybridized carbons (Fsp3) is 0.143. The first-order chi connectivity index (χ1) is 14.9. The van der Waals surface area contributed by atoms with Gasteiger partial charge >= 0.3 is 5.97 Å². The van der Waals surface area contributed by atoms with Gasteiger partial charge in [0.15, 0.2) is 3.95 Å². The molecule has 0 aliphatic rings. The van der Waals surface area contributed by atoms with Gasteiger partial charge in [-0.05, 0) is 48.1 Å². The van der Waals surface area contributed by atoms with Crippen molar-refractivity contribution in [2.75, 3.05) is 14.2 Å². The van der Waals surface area contributed by atoms with E-state index in [9.17, 15) is 14.4 Å². The van der Waals surface area contributed by atoms with Gasteiger partial charge in [0.05, 0.1) is 30.7 Å². The lowest BCUT2D eigenvalue weighted by Gasteiger charge is -2.07. The summed E-state index contributed by atoms with van der Waals surface area (Å²) in [6.45, 7) is 0.275. The molecule has 0 fully saturated rings. The van der Waals surface area contributed by atoms with E-state index in [0.717, 1.165) is 16.9 Å². The lowest BCUT2D eigenvalue weighted by atomic mass is 10.1. The molecule has 10 heteroatoms. The molecule has 0 saturated carbocycles. The predicted octanol–water partition coefficient (Wildman–Crippen LogP) is 3.30. The van der Waals surface area contributed by atoms with E-state index >= 15 is 0 Å². The number of ether oxygens (including phenoxy) is 2. The maximum Gasteiger partial charge on any atom is 0.337 e. The molecule has 0 saturated heterocycles. The zero-order valence-electron chi connectivity index (χ0n) is 16.6. The van der Waals surface area contributed by atoms with Crippen molar-refractivity contribution in [1.82, 2.24) is 14.7 Å². The zero-order chi connectivity index (χ0) is 22.1. The molecule has 0 radical (unpaired) electrons. The van der Waals surface area contributed by atoms with E-state index in [0.29, 0.717) is 20.6 Å². The van der Waals surface area contributed by atoms with Crippen LogP contribution in [-0.4, -0.2) is 35.5 Å². The first-order valence-electron chi connectivity index (χ1n) is 9.14. The van der Waals surface area contributed by atoms with Crippen LogP contribution in [0, 0.1) is 3.95 Å². The number of carbonyl (C=O) groups is 2. The van der Waals surface area contributed by atoms with Crippen molar-refractivity contribution in [2.24, 2.45) is 0 Å². The number of H-pyrrole nitrogens is 1. The Bertz CT molecular complexity index is 1450. The van der Waals surface area contributed by atoms with E-state index in [4.69, 9.17) is 21.7 Å². The van der Waals surface area contributed by atoms with Gasteiger partial charge in [-0.25, -0.2) is 4.79 Å². The molecule has 0 spiro atoms. The van der Waals surface area contributed by atoms with Crippen LogP contribution in [0.5, 0.6) is 5.75 Å². The van der Waals surface area contributed by atoms with E-state index in [-0.39, 0.29) is 34.1 Å². The van der Waals surface area contributed by atoms with Gasteiger partial charge in [0.2, 0.25) is 0 Å². The quantitative estimate of drug-likeness (QED) is 0.354. The van der Waals surface area contributed by atoms with Gasteiger partial charge in [-0.2, -0.15) is 0 Å². The Morgan fingerprint density at radius 3 is 2.74 bits per heavy atom. The number of hydrogen-bond donors (Lipinski definition) is 2. The van der Waals surface area contributed by atoms with E-state index in [2.05, 4.69) is 10.3 Å². The lowest BCUT2D eigenvalue weighted by Crippen LogP contribution is -2.23. The minimum Gasteiger partial charge on any atom is -0.497 e. The van der Waals surface area contributed by atoms with Gasteiger partial charge in [-0.15, -0.1) is 0 Å². The number of esters is 1. The molecule has 0 unspecified atom stereocenters. The largest absolute Gasteiger partial charge is 0.497 e. The van der Waals surface area contributed by atoms with Crippen LogP contribution in [0.2, 0.25) is 0 Å². The Kier molecular flexibility index (Phi) is 5.57. The fourth-order valence-electron chi connectivity index (χ4n) is 3.23. The van der Waals surface area contributed by atoms with E-state index < -0.39 is 5.97 Å². The average molecular weight is 456 g/mol. The highest BCUT2D eigenvalue weighted by Crippen LogP contribution is 2.24. The summed E-state index contributed by atoms with van der Waals surface area (Å²) in [5, 5.41) is 3.18. The smallest absolute Gasteiger partial charge is 0.337 e. The summed E-state index contributed by atoms with van der Waals surface area (Å²) in [4.78, 5) is 40.4. The van der Waals surface area contributed by atoms with Crippen molar-refractivity contribution in [3.8, 4) is 5.75 Å². The number of carbonyl (C=O) groups excluding carboxylic acids is 2. The molecule has 1 amide bonds. The second-order valence-corrected chi connectivity index (χ2v) is 8.24. The highest BCUT2D eigenvalue weighted by atomic mass is 32.1. The highest BCUT2D eigenvalue weighted by Gasteiger charge is 2.19. The molecular formula is C21H17N3O5S2. The third-order valence-corrected chi connectivity index (χ3v) is 6.11. The van der Waals surface area contributed by atoms with Crippen LogP contribution in [0.15, 0.2) is 47.3 Å². The number of nitrogens with zero attached hydrogens (tertiary/aromatic N) is 1. The normalized spacial score (nSPS) is 10.9. The minimum atomic E-state index is -0.534. The second kappa shape index (κ2) is 8.32. The van der Waals surface area contributed by atoms with Crippen LogP contribution in [0.25, 0.3) is 16.6 Å². The summed E-state index contributed by atoms with van der Waals surface area (Å²) >= 11 is 6.54. The number of benzene rings is 2.